The summed E-state index contributed by atoms with van der Waals surface area (Å²) >= 11 is 0. The Morgan fingerprint density at radius 2 is 1.70 bits per heavy atom. The van der Waals surface area contributed by atoms with Gasteiger partial charge in [-0.25, -0.2) is 0 Å². The van der Waals surface area contributed by atoms with Crippen molar-refractivity contribution >= 4 is 5.78 Å². The van der Waals surface area contributed by atoms with Gasteiger partial charge in [-0.1, -0.05) is 43.5 Å². The summed E-state index contributed by atoms with van der Waals surface area (Å²) in [5, 5.41) is 0. The highest BCUT2D eigenvalue weighted by Crippen LogP contribution is 2.28. The molecule has 23 heavy (non-hydrogen) atoms. The predicted molar refractivity (Wildman–Crippen MR) is 92.7 cm³/mol. The molecule has 2 aliphatic rings. The minimum absolute atomic E-state index is 0.265. The third-order valence-electron chi connectivity index (χ3n) is 5.23. The molecule has 3 heteroatoms. The first-order chi connectivity index (χ1) is 11.3. The van der Waals surface area contributed by atoms with Crippen molar-refractivity contribution in [1.29, 1.82) is 0 Å². The summed E-state index contributed by atoms with van der Waals surface area (Å²) in [4.78, 5) is 14.8. The minimum Gasteiger partial charge on any atom is -0.375 e. The lowest BCUT2D eigenvalue weighted by atomic mass is 9.96. The molecule has 126 valence electrons. The van der Waals surface area contributed by atoms with Crippen LogP contribution in [0, 0.1) is 5.92 Å². The Bertz CT molecular complexity index is 485. The lowest BCUT2D eigenvalue weighted by Crippen LogP contribution is -2.32. The van der Waals surface area contributed by atoms with Crippen LogP contribution in [0.4, 0.5) is 0 Å². The number of hydrogen-bond acceptors (Lipinski definition) is 3. The molecule has 0 spiro atoms. The number of hydrogen-bond donors (Lipinski definition) is 0. The van der Waals surface area contributed by atoms with Crippen molar-refractivity contribution in [3.63, 3.8) is 0 Å². The van der Waals surface area contributed by atoms with Gasteiger partial charge in [-0.2, -0.15) is 0 Å². The molecule has 2 fully saturated rings. The Morgan fingerprint density at radius 3 is 2.39 bits per heavy atom. The van der Waals surface area contributed by atoms with Crippen molar-refractivity contribution in [1.82, 2.24) is 4.90 Å². The van der Waals surface area contributed by atoms with E-state index in [2.05, 4.69) is 4.90 Å². The molecule has 0 bridgehead atoms. The van der Waals surface area contributed by atoms with Crippen molar-refractivity contribution < 1.29 is 9.53 Å². The van der Waals surface area contributed by atoms with Gasteiger partial charge >= 0.3 is 0 Å². The average Bonchev–Trinajstić information content (AvgIpc) is 3.14. The molecule has 0 aromatic heterocycles. The third kappa shape index (κ3) is 4.89. The van der Waals surface area contributed by atoms with E-state index in [1.807, 2.05) is 24.3 Å². The van der Waals surface area contributed by atoms with Crippen LogP contribution in [0.1, 0.15) is 60.9 Å². The molecule has 0 atom stereocenters. The van der Waals surface area contributed by atoms with E-state index in [9.17, 15) is 4.79 Å². The van der Waals surface area contributed by atoms with Crippen molar-refractivity contribution in [2.75, 3.05) is 26.2 Å². The topological polar surface area (TPSA) is 29.5 Å². The molecule has 0 radical (unpaired) electrons. The number of carbonyl (C=O) groups excluding carboxylic acids is 1. The Balaban J connectivity index is 1.39. The number of Topliss-reactive ketones (excluding diaryl/α,β-unsaturated/α-hetero) is 1. The summed E-state index contributed by atoms with van der Waals surface area (Å²) in [6.45, 7) is 4.93. The maximum Gasteiger partial charge on any atom is 0.165 e. The highest BCUT2D eigenvalue weighted by atomic mass is 16.5. The first kappa shape index (κ1) is 16.7. The van der Waals surface area contributed by atoms with Crippen LogP contribution in [-0.2, 0) is 11.3 Å². The fourth-order valence-corrected chi connectivity index (χ4v) is 3.76. The largest absolute Gasteiger partial charge is 0.375 e. The number of likely N-dealkylation sites (tertiary alicyclic amines) is 1. The molecule has 0 N–H and O–H groups in total. The summed E-state index contributed by atoms with van der Waals surface area (Å²) in [5.74, 6) is 0.599. The molecule has 1 aliphatic heterocycles. The van der Waals surface area contributed by atoms with E-state index in [0.29, 0.717) is 12.4 Å². The van der Waals surface area contributed by atoms with Gasteiger partial charge in [-0.05, 0) is 44.3 Å². The smallest absolute Gasteiger partial charge is 0.165 e. The number of ketones is 1. The fourth-order valence-electron chi connectivity index (χ4n) is 3.76. The van der Waals surface area contributed by atoms with Gasteiger partial charge in [-0.3, -0.25) is 4.79 Å². The molecule has 0 amide bonds. The number of carbonyl (C=O) groups is 1. The van der Waals surface area contributed by atoms with Crippen LogP contribution in [-0.4, -0.2) is 36.9 Å². The first-order valence-electron chi connectivity index (χ1n) is 9.26. The van der Waals surface area contributed by atoms with Gasteiger partial charge in [0, 0.05) is 18.0 Å². The SMILES string of the molecule is O=C(c1ccc(COCCN2CCCCC2)cc1)C1CCCC1. The summed E-state index contributed by atoms with van der Waals surface area (Å²) in [7, 11) is 0. The van der Waals surface area contributed by atoms with E-state index in [1.165, 1.54) is 45.2 Å². The fraction of sp³-hybridized carbons (Fsp3) is 0.650. The normalized spacial score (nSPS) is 20.0. The average molecular weight is 315 g/mol. The summed E-state index contributed by atoms with van der Waals surface area (Å²) in [6, 6.07) is 8.04. The van der Waals surface area contributed by atoms with Gasteiger partial charge in [0.25, 0.3) is 0 Å². The second-order valence-electron chi connectivity index (χ2n) is 7.00. The Hall–Kier alpha value is -1.19. The van der Waals surface area contributed by atoms with E-state index < -0.39 is 0 Å². The summed E-state index contributed by atoms with van der Waals surface area (Å²) < 4.78 is 5.80. The highest BCUT2D eigenvalue weighted by molar-refractivity contribution is 5.98. The Kier molecular flexibility index (Phi) is 6.23. The monoisotopic (exact) mass is 315 g/mol. The van der Waals surface area contributed by atoms with E-state index >= 15 is 0 Å². The van der Waals surface area contributed by atoms with Gasteiger partial charge in [-0.15, -0.1) is 0 Å². The van der Waals surface area contributed by atoms with E-state index in [-0.39, 0.29) is 5.92 Å². The lowest BCUT2D eigenvalue weighted by molar-refractivity contribution is 0.0862. The standard InChI is InChI=1S/C20H29NO2/c22-20(18-6-2-3-7-18)19-10-8-17(9-11-19)16-23-15-14-21-12-4-1-5-13-21/h8-11,18H,1-7,12-16H2. The number of rotatable bonds is 7. The number of nitrogens with zero attached hydrogens (tertiary/aromatic N) is 1. The molecule has 1 aromatic rings. The zero-order valence-electron chi connectivity index (χ0n) is 14.1. The molecule has 1 aromatic carbocycles. The van der Waals surface area contributed by atoms with Gasteiger partial charge in [0.1, 0.15) is 0 Å². The minimum atomic E-state index is 0.265. The quantitative estimate of drug-likeness (QED) is 0.561. The van der Waals surface area contributed by atoms with E-state index in [1.54, 1.807) is 0 Å². The van der Waals surface area contributed by atoms with Crippen molar-refractivity contribution in [2.24, 2.45) is 5.92 Å². The first-order valence-corrected chi connectivity index (χ1v) is 9.26. The Morgan fingerprint density at radius 1 is 1.00 bits per heavy atom. The van der Waals surface area contributed by atoms with Crippen LogP contribution in [0.15, 0.2) is 24.3 Å². The number of benzene rings is 1. The van der Waals surface area contributed by atoms with Crippen LogP contribution < -0.4 is 0 Å². The van der Waals surface area contributed by atoms with Crippen LogP contribution in [0.3, 0.4) is 0 Å². The van der Waals surface area contributed by atoms with Crippen molar-refractivity contribution in [2.45, 2.75) is 51.6 Å². The van der Waals surface area contributed by atoms with Crippen molar-refractivity contribution in [3.8, 4) is 0 Å². The summed E-state index contributed by atoms with van der Waals surface area (Å²) in [5.41, 5.74) is 2.03. The van der Waals surface area contributed by atoms with Crippen molar-refractivity contribution in [3.05, 3.63) is 35.4 Å². The zero-order valence-corrected chi connectivity index (χ0v) is 14.1. The van der Waals surface area contributed by atoms with Crippen LogP contribution in [0.5, 0.6) is 0 Å². The lowest BCUT2D eigenvalue weighted by Gasteiger charge is -2.26. The zero-order chi connectivity index (χ0) is 15.9. The van der Waals surface area contributed by atoms with E-state index in [4.69, 9.17) is 4.74 Å². The molecule has 1 saturated carbocycles. The van der Waals surface area contributed by atoms with Gasteiger partial charge in [0.2, 0.25) is 0 Å². The van der Waals surface area contributed by atoms with Gasteiger partial charge in [0.05, 0.1) is 13.2 Å². The van der Waals surface area contributed by atoms with Gasteiger partial charge < -0.3 is 9.64 Å². The molecule has 3 rings (SSSR count). The molecule has 3 nitrogen and oxygen atoms in total. The molecule has 1 heterocycles. The molecular weight excluding hydrogens is 286 g/mol. The highest BCUT2D eigenvalue weighted by Gasteiger charge is 2.23. The molecule has 0 unspecified atom stereocenters. The van der Waals surface area contributed by atoms with Crippen LogP contribution in [0.2, 0.25) is 0 Å². The number of ether oxygens (including phenoxy) is 1. The van der Waals surface area contributed by atoms with E-state index in [0.717, 1.165) is 37.1 Å². The van der Waals surface area contributed by atoms with Crippen LogP contribution >= 0.6 is 0 Å². The summed E-state index contributed by atoms with van der Waals surface area (Å²) in [6.07, 6.45) is 8.59. The molecule has 1 aliphatic carbocycles. The van der Waals surface area contributed by atoms with Gasteiger partial charge in [0.15, 0.2) is 5.78 Å². The Labute approximate surface area is 140 Å². The number of piperidine rings is 1. The maximum absolute atomic E-state index is 12.4. The third-order valence-corrected chi connectivity index (χ3v) is 5.23. The maximum atomic E-state index is 12.4. The second kappa shape index (κ2) is 8.60. The molecule has 1 saturated heterocycles. The second-order valence-corrected chi connectivity index (χ2v) is 7.00. The van der Waals surface area contributed by atoms with Crippen LogP contribution in [0.25, 0.3) is 0 Å². The predicted octanol–water partition coefficient (Wildman–Crippen LogP) is 4.06. The molecular formula is C20H29NO2.